The SMILES string of the molecule is CCc1ccccc1C(O)c1cc(F)ccc1Cl. The van der Waals surface area contributed by atoms with Gasteiger partial charge in [-0.1, -0.05) is 42.8 Å². The predicted octanol–water partition coefficient (Wildman–Crippen LogP) is 4.12. The first-order chi connectivity index (χ1) is 8.63. The molecule has 0 spiro atoms. The van der Waals surface area contributed by atoms with Crippen molar-refractivity contribution in [1.29, 1.82) is 0 Å². The number of hydrogen-bond acceptors (Lipinski definition) is 1. The van der Waals surface area contributed by atoms with Crippen molar-refractivity contribution < 1.29 is 9.50 Å². The molecule has 0 radical (unpaired) electrons. The van der Waals surface area contributed by atoms with Gasteiger partial charge in [0.15, 0.2) is 0 Å². The average Bonchev–Trinajstić information content (AvgIpc) is 2.40. The molecule has 1 atom stereocenters. The number of aryl methyl sites for hydroxylation is 1. The summed E-state index contributed by atoms with van der Waals surface area (Å²) >= 11 is 6.01. The fraction of sp³-hybridized carbons (Fsp3) is 0.200. The molecule has 0 aliphatic carbocycles. The minimum atomic E-state index is -0.899. The van der Waals surface area contributed by atoms with Crippen LogP contribution >= 0.6 is 11.6 Å². The lowest BCUT2D eigenvalue weighted by Gasteiger charge is -2.16. The molecule has 1 unspecified atom stereocenters. The van der Waals surface area contributed by atoms with Crippen molar-refractivity contribution in [2.75, 3.05) is 0 Å². The summed E-state index contributed by atoms with van der Waals surface area (Å²) in [6.07, 6.45) is -0.0930. The summed E-state index contributed by atoms with van der Waals surface area (Å²) < 4.78 is 13.2. The Bertz CT molecular complexity index is 554. The highest BCUT2D eigenvalue weighted by Crippen LogP contribution is 2.30. The van der Waals surface area contributed by atoms with Crippen molar-refractivity contribution >= 4 is 11.6 Å². The Balaban J connectivity index is 2.47. The van der Waals surface area contributed by atoms with E-state index in [0.717, 1.165) is 17.5 Å². The quantitative estimate of drug-likeness (QED) is 0.884. The molecular formula is C15H14ClFO. The second-order valence-corrected chi connectivity index (χ2v) is 4.53. The van der Waals surface area contributed by atoms with Gasteiger partial charge < -0.3 is 5.11 Å². The van der Waals surface area contributed by atoms with Crippen molar-refractivity contribution in [3.8, 4) is 0 Å². The van der Waals surface area contributed by atoms with Gasteiger partial charge in [0.25, 0.3) is 0 Å². The van der Waals surface area contributed by atoms with Crippen molar-refractivity contribution in [3.63, 3.8) is 0 Å². The van der Waals surface area contributed by atoms with Gasteiger partial charge in [0, 0.05) is 10.6 Å². The molecule has 1 nitrogen and oxygen atoms in total. The van der Waals surface area contributed by atoms with E-state index in [1.807, 2.05) is 31.2 Å². The Kier molecular flexibility index (Phi) is 4.00. The number of hydrogen-bond donors (Lipinski definition) is 1. The summed E-state index contributed by atoms with van der Waals surface area (Å²) in [4.78, 5) is 0. The van der Waals surface area contributed by atoms with E-state index in [-0.39, 0.29) is 0 Å². The second kappa shape index (κ2) is 5.51. The largest absolute Gasteiger partial charge is 0.384 e. The van der Waals surface area contributed by atoms with Crippen LogP contribution in [0.15, 0.2) is 42.5 Å². The highest BCUT2D eigenvalue weighted by Gasteiger charge is 2.17. The van der Waals surface area contributed by atoms with E-state index in [4.69, 9.17) is 11.6 Å². The summed E-state index contributed by atoms with van der Waals surface area (Å²) in [6, 6.07) is 11.6. The van der Waals surface area contributed by atoms with Gasteiger partial charge in [0.1, 0.15) is 11.9 Å². The lowest BCUT2D eigenvalue weighted by Crippen LogP contribution is -2.04. The van der Waals surface area contributed by atoms with Crippen LogP contribution in [0, 0.1) is 5.82 Å². The molecule has 0 bridgehead atoms. The van der Waals surface area contributed by atoms with Crippen LogP contribution in [0.1, 0.15) is 29.7 Å². The van der Waals surface area contributed by atoms with E-state index in [0.29, 0.717) is 10.6 Å². The first kappa shape index (κ1) is 13.1. The fourth-order valence-corrected chi connectivity index (χ4v) is 2.24. The maximum absolute atomic E-state index is 13.2. The molecule has 3 heteroatoms. The zero-order valence-corrected chi connectivity index (χ0v) is 10.8. The van der Waals surface area contributed by atoms with Gasteiger partial charge >= 0.3 is 0 Å². The van der Waals surface area contributed by atoms with Crippen LogP contribution in [0.3, 0.4) is 0 Å². The van der Waals surface area contributed by atoms with Gasteiger partial charge in [-0.25, -0.2) is 4.39 Å². The summed E-state index contributed by atoms with van der Waals surface area (Å²) in [7, 11) is 0. The Morgan fingerprint density at radius 2 is 1.89 bits per heavy atom. The van der Waals surface area contributed by atoms with E-state index in [1.54, 1.807) is 0 Å². The van der Waals surface area contributed by atoms with Crippen LogP contribution in [-0.4, -0.2) is 5.11 Å². The van der Waals surface area contributed by atoms with Crippen LogP contribution in [-0.2, 0) is 6.42 Å². The van der Waals surface area contributed by atoms with Crippen LogP contribution in [0.4, 0.5) is 4.39 Å². The molecule has 2 aromatic carbocycles. The average molecular weight is 265 g/mol. The Morgan fingerprint density at radius 3 is 2.61 bits per heavy atom. The molecule has 0 amide bonds. The lowest BCUT2D eigenvalue weighted by atomic mass is 9.95. The van der Waals surface area contributed by atoms with E-state index < -0.39 is 11.9 Å². The molecule has 0 saturated heterocycles. The molecule has 0 aromatic heterocycles. The van der Waals surface area contributed by atoms with Crippen molar-refractivity contribution in [2.45, 2.75) is 19.4 Å². The van der Waals surface area contributed by atoms with E-state index >= 15 is 0 Å². The maximum atomic E-state index is 13.2. The molecule has 0 saturated carbocycles. The first-order valence-electron chi connectivity index (χ1n) is 5.84. The van der Waals surface area contributed by atoms with Crippen LogP contribution < -0.4 is 0 Å². The van der Waals surface area contributed by atoms with Gasteiger partial charge in [-0.2, -0.15) is 0 Å². The molecule has 0 aliphatic rings. The molecule has 0 fully saturated rings. The van der Waals surface area contributed by atoms with Gasteiger partial charge in [-0.05, 0) is 35.7 Å². The molecule has 2 rings (SSSR count). The van der Waals surface area contributed by atoms with Gasteiger partial charge in [-0.3, -0.25) is 0 Å². The topological polar surface area (TPSA) is 20.2 Å². The Morgan fingerprint density at radius 1 is 1.17 bits per heavy atom. The minimum absolute atomic E-state index is 0.370. The van der Waals surface area contributed by atoms with Crippen LogP contribution in [0.5, 0.6) is 0 Å². The van der Waals surface area contributed by atoms with E-state index in [9.17, 15) is 9.50 Å². The molecule has 94 valence electrons. The molecule has 2 aromatic rings. The molecule has 1 N–H and O–H groups in total. The van der Waals surface area contributed by atoms with Gasteiger partial charge in [0.05, 0.1) is 0 Å². The third kappa shape index (κ3) is 2.55. The van der Waals surface area contributed by atoms with Crippen LogP contribution in [0.25, 0.3) is 0 Å². The molecular weight excluding hydrogens is 251 g/mol. The summed E-state index contributed by atoms with van der Waals surface area (Å²) in [5.41, 5.74) is 2.20. The standard InChI is InChI=1S/C15H14ClFO/c1-2-10-5-3-4-6-12(10)15(18)13-9-11(17)7-8-14(13)16/h3-9,15,18H,2H2,1H3. The van der Waals surface area contributed by atoms with Crippen molar-refractivity contribution in [1.82, 2.24) is 0 Å². The number of halogens is 2. The smallest absolute Gasteiger partial charge is 0.123 e. The second-order valence-electron chi connectivity index (χ2n) is 4.12. The Hall–Kier alpha value is -1.38. The van der Waals surface area contributed by atoms with E-state index in [1.165, 1.54) is 18.2 Å². The maximum Gasteiger partial charge on any atom is 0.123 e. The number of rotatable bonds is 3. The highest BCUT2D eigenvalue weighted by molar-refractivity contribution is 6.31. The fourth-order valence-electron chi connectivity index (χ4n) is 2.01. The van der Waals surface area contributed by atoms with Gasteiger partial charge in [0.2, 0.25) is 0 Å². The normalized spacial score (nSPS) is 12.4. The van der Waals surface area contributed by atoms with E-state index in [2.05, 4.69) is 0 Å². The predicted molar refractivity (Wildman–Crippen MR) is 71.3 cm³/mol. The number of aliphatic hydroxyl groups is 1. The van der Waals surface area contributed by atoms with Crippen molar-refractivity contribution in [3.05, 3.63) is 70.0 Å². The molecule has 18 heavy (non-hydrogen) atoms. The first-order valence-corrected chi connectivity index (χ1v) is 6.22. The van der Waals surface area contributed by atoms with Crippen molar-refractivity contribution in [2.24, 2.45) is 0 Å². The minimum Gasteiger partial charge on any atom is -0.384 e. The molecule has 0 aliphatic heterocycles. The summed E-state index contributed by atoms with van der Waals surface area (Å²) in [5.74, 6) is -0.401. The lowest BCUT2D eigenvalue weighted by molar-refractivity contribution is 0.219. The third-order valence-corrected chi connectivity index (χ3v) is 3.33. The number of aliphatic hydroxyl groups excluding tert-OH is 1. The Labute approximate surface area is 111 Å². The monoisotopic (exact) mass is 264 g/mol. The molecule has 0 heterocycles. The zero-order chi connectivity index (χ0) is 13.1. The zero-order valence-electron chi connectivity index (χ0n) is 10.0. The van der Waals surface area contributed by atoms with Crippen LogP contribution in [0.2, 0.25) is 5.02 Å². The highest BCUT2D eigenvalue weighted by atomic mass is 35.5. The summed E-state index contributed by atoms with van der Waals surface area (Å²) in [5, 5.41) is 10.7. The third-order valence-electron chi connectivity index (χ3n) is 2.98. The van der Waals surface area contributed by atoms with Gasteiger partial charge in [-0.15, -0.1) is 0 Å². The summed E-state index contributed by atoms with van der Waals surface area (Å²) in [6.45, 7) is 2.01. The number of benzene rings is 2.